The molecule has 0 amide bonds. The summed E-state index contributed by atoms with van der Waals surface area (Å²) in [4.78, 5) is 25.8. The molecule has 0 bridgehead atoms. The summed E-state index contributed by atoms with van der Waals surface area (Å²) in [5.41, 5.74) is -1.06. The summed E-state index contributed by atoms with van der Waals surface area (Å²) in [6, 6.07) is 1.17. The molecule has 4 atom stereocenters. The third-order valence-electron chi connectivity index (χ3n) is 4.49. The zero-order valence-electron chi connectivity index (χ0n) is 14.9. The van der Waals surface area contributed by atoms with Crippen LogP contribution >= 0.6 is 0 Å². The van der Waals surface area contributed by atoms with Crippen LogP contribution in [0.2, 0.25) is 0 Å². The Morgan fingerprint density at radius 2 is 1.96 bits per heavy atom. The molecule has 3 rings (SSSR count). The lowest BCUT2D eigenvalue weighted by atomic mass is 10.1. The second-order valence-corrected chi connectivity index (χ2v) is 8.07. The average molecular weight is 338 g/mol. The smallest absolute Gasteiger partial charge is 0.328 e. The summed E-state index contributed by atoms with van der Waals surface area (Å²) in [5, 5.41) is 0. The summed E-state index contributed by atoms with van der Waals surface area (Å²) < 4.78 is 19.6. The molecule has 1 aromatic rings. The Balaban J connectivity index is 1.88. The lowest BCUT2D eigenvalue weighted by molar-refractivity contribution is -0.164. The second-order valence-electron chi connectivity index (χ2n) is 8.07. The topological polar surface area (TPSA) is 82.6 Å². The van der Waals surface area contributed by atoms with Crippen molar-refractivity contribution in [3.8, 4) is 0 Å². The number of nitrogens with zero attached hydrogens (tertiary/aromatic N) is 1. The molecule has 7 nitrogen and oxygen atoms in total. The Bertz CT molecular complexity index is 715. The first-order chi connectivity index (χ1) is 11.1. The fourth-order valence-electron chi connectivity index (χ4n) is 3.54. The molecule has 0 spiro atoms. The first-order valence-corrected chi connectivity index (χ1v) is 8.37. The molecule has 2 heterocycles. The van der Waals surface area contributed by atoms with E-state index in [9.17, 15) is 9.59 Å². The first kappa shape index (κ1) is 17.4. The molecular formula is C17H26N2O5. The molecule has 134 valence electrons. The minimum absolute atomic E-state index is 0.125. The maximum absolute atomic E-state index is 12.2. The summed E-state index contributed by atoms with van der Waals surface area (Å²) in [6.45, 7) is 10.3. The number of nitrogens with one attached hydrogen (secondary N) is 1. The number of hydrogen-bond donors (Lipinski definition) is 1. The standard InChI is InChI=1S/C17H26N2O5/c1-16(2,3)22-9-10-8-11(14-13(10)23-17(4,5)24-14)19-7-6-12(20)18-15(19)21/h6-7,10-11,13-14H,8-9H2,1-5H3,(H,18,20,21)/t10-,11-,13+,14?/m1/s1. The van der Waals surface area contributed by atoms with Gasteiger partial charge in [-0.3, -0.25) is 14.3 Å². The van der Waals surface area contributed by atoms with Crippen LogP contribution in [0.1, 0.15) is 47.1 Å². The van der Waals surface area contributed by atoms with Crippen molar-refractivity contribution in [2.75, 3.05) is 6.61 Å². The van der Waals surface area contributed by atoms with E-state index in [-0.39, 0.29) is 29.8 Å². The van der Waals surface area contributed by atoms with Crippen molar-refractivity contribution in [1.82, 2.24) is 9.55 Å². The summed E-state index contributed by atoms with van der Waals surface area (Å²) in [6.07, 6.45) is 1.86. The zero-order valence-corrected chi connectivity index (χ0v) is 14.9. The minimum Gasteiger partial charge on any atom is -0.375 e. The molecular weight excluding hydrogens is 312 g/mol. The van der Waals surface area contributed by atoms with Gasteiger partial charge in [0.15, 0.2) is 5.79 Å². The number of hydrogen-bond acceptors (Lipinski definition) is 5. The highest BCUT2D eigenvalue weighted by atomic mass is 16.8. The predicted molar refractivity (Wildman–Crippen MR) is 88.0 cm³/mol. The largest absolute Gasteiger partial charge is 0.375 e. The zero-order chi connectivity index (χ0) is 17.7. The highest BCUT2D eigenvalue weighted by Crippen LogP contribution is 2.46. The van der Waals surface area contributed by atoms with Gasteiger partial charge < -0.3 is 14.2 Å². The van der Waals surface area contributed by atoms with Gasteiger partial charge in [-0.15, -0.1) is 0 Å². The Morgan fingerprint density at radius 3 is 2.58 bits per heavy atom. The van der Waals surface area contributed by atoms with E-state index in [4.69, 9.17) is 14.2 Å². The highest BCUT2D eigenvalue weighted by molar-refractivity contribution is 5.02. The predicted octanol–water partition coefficient (Wildman–Crippen LogP) is 1.43. The van der Waals surface area contributed by atoms with Crippen LogP contribution in [0, 0.1) is 5.92 Å². The van der Waals surface area contributed by atoms with Gasteiger partial charge >= 0.3 is 5.69 Å². The minimum atomic E-state index is -0.695. The Kier molecular flexibility index (Phi) is 4.22. The van der Waals surface area contributed by atoms with E-state index in [0.717, 1.165) is 0 Å². The molecule has 24 heavy (non-hydrogen) atoms. The van der Waals surface area contributed by atoms with Crippen molar-refractivity contribution in [1.29, 1.82) is 0 Å². The van der Waals surface area contributed by atoms with E-state index >= 15 is 0 Å². The van der Waals surface area contributed by atoms with Crippen molar-refractivity contribution >= 4 is 0 Å². The van der Waals surface area contributed by atoms with Gasteiger partial charge in [0.25, 0.3) is 5.56 Å². The fourth-order valence-corrected chi connectivity index (χ4v) is 3.54. The van der Waals surface area contributed by atoms with Crippen LogP contribution in [0.4, 0.5) is 0 Å². The summed E-state index contributed by atoms with van der Waals surface area (Å²) in [5.74, 6) is -0.570. The van der Waals surface area contributed by atoms with Gasteiger partial charge in [0.05, 0.1) is 24.4 Å². The normalized spacial score (nSPS) is 32.0. The monoisotopic (exact) mass is 338 g/mol. The third-order valence-corrected chi connectivity index (χ3v) is 4.49. The lowest BCUT2D eigenvalue weighted by Crippen LogP contribution is -2.36. The van der Waals surface area contributed by atoms with Gasteiger partial charge in [0, 0.05) is 18.2 Å². The molecule has 1 aliphatic carbocycles. The lowest BCUT2D eigenvalue weighted by Gasteiger charge is -2.26. The third kappa shape index (κ3) is 3.48. The first-order valence-electron chi connectivity index (χ1n) is 8.37. The molecule has 1 N–H and O–H groups in total. The molecule has 1 saturated heterocycles. The molecule has 1 aliphatic heterocycles. The number of aromatic amines is 1. The van der Waals surface area contributed by atoms with E-state index in [1.807, 2.05) is 34.6 Å². The van der Waals surface area contributed by atoms with Gasteiger partial charge in [-0.2, -0.15) is 0 Å². The van der Waals surface area contributed by atoms with Gasteiger partial charge in [-0.1, -0.05) is 0 Å². The van der Waals surface area contributed by atoms with Crippen LogP contribution < -0.4 is 11.2 Å². The Labute approximate surface area is 140 Å². The van der Waals surface area contributed by atoms with Crippen LogP contribution in [0.25, 0.3) is 0 Å². The number of aromatic nitrogens is 2. The van der Waals surface area contributed by atoms with E-state index in [0.29, 0.717) is 13.0 Å². The van der Waals surface area contributed by atoms with Gasteiger partial charge in [0.2, 0.25) is 0 Å². The summed E-state index contributed by atoms with van der Waals surface area (Å²) in [7, 11) is 0. The number of fused-ring (bicyclic) bond motifs is 1. The van der Waals surface area contributed by atoms with Gasteiger partial charge in [-0.25, -0.2) is 4.79 Å². The van der Waals surface area contributed by atoms with Crippen molar-refractivity contribution in [3.63, 3.8) is 0 Å². The molecule has 0 radical (unpaired) electrons. The van der Waals surface area contributed by atoms with Crippen LogP contribution in [0.15, 0.2) is 21.9 Å². The Morgan fingerprint density at radius 1 is 1.29 bits per heavy atom. The van der Waals surface area contributed by atoms with Crippen molar-refractivity contribution in [2.45, 2.75) is 70.7 Å². The number of H-pyrrole nitrogens is 1. The highest BCUT2D eigenvalue weighted by Gasteiger charge is 2.54. The Hall–Kier alpha value is -1.44. The van der Waals surface area contributed by atoms with E-state index in [1.165, 1.54) is 12.3 Å². The van der Waals surface area contributed by atoms with Gasteiger partial charge in [0.1, 0.15) is 6.10 Å². The van der Waals surface area contributed by atoms with Crippen LogP contribution in [-0.2, 0) is 14.2 Å². The van der Waals surface area contributed by atoms with Crippen molar-refractivity contribution in [2.24, 2.45) is 5.92 Å². The van der Waals surface area contributed by atoms with Crippen molar-refractivity contribution in [3.05, 3.63) is 33.1 Å². The van der Waals surface area contributed by atoms with Crippen molar-refractivity contribution < 1.29 is 14.2 Å². The fraction of sp³-hybridized carbons (Fsp3) is 0.765. The SMILES string of the molecule is CC(C)(C)OC[C@H]1C[C@@H](n2ccc(=O)[nH]c2=O)C2OC(C)(C)O[C@H]21. The van der Waals surface area contributed by atoms with Crippen LogP contribution in [0.3, 0.4) is 0 Å². The molecule has 1 saturated carbocycles. The van der Waals surface area contributed by atoms with Crippen LogP contribution in [-0.4, -0.2) is 39.8 Å². The second kappa shape index (κ2) is 5.82. The quantitative estimate of drug-likeness (QED) is 0.901. The van der Waals surface area contributed by atoms with E-state index in [2.05, 4.69) is 4.98 Å². The molecule has 1 aromatic heterocycles. The van der Waals surface area contributed by atoms with Crippen LogP contribution in [0.5, 0.6) is 0 Å². The maximum atomic E-state index is 12.2. The number of ether oxygens (including phenoxy) is 3. The molecule has 0 aromatic carbocycles. The molecule has 2 fully saturated rings. The summed E-state index contributed by atoms with van der Waals surface area (Å²) >= 11 is 0. The van der Waals surface area contributed by atoms with E-state index < -0.39 is 17.0 Å². The van der Waals surface area contributed by atoms with E-state index in [1.54, 1.807) is 4.57 Å². The molecule has 7 heteroatoms. The van der Waals surface area contributed by atoms with Gasteiger partial charge in [-0.05, 0) is 41.0 Å². The molecule has 2 aliphatic rings. The number of rotatable bonds is 3. The average Bonchev–Trinajstić information content (AvgIpc) is 2.90. The maximum Gasteiger partial charge on any atom is 0.328 e. The molecule has 1 unspecified atom stereocenters.